The number of rotatable bonds is 6. The van der Waals surface area contributed by atoms with Gasteiger partial charge < -0.3 is 14.4 Å². The van der Waals surface area contributed by atoms with Crippen LogP contribution in [0.25, 0.3) is 0 Å². The normalized spacial score (nSPS) is 24.8. The first-order chi connectivity index (χ1) is 14.9. The first-order valence-corrected chi connectivity index (χ1v) is 11.4. The third kappa shape index (κ3) is 3.90. The molecule has 31 heavy (non-hydrogen) atoms. The van der Waals surface area contributed by atoms with E-state index in [1.54, 1.807) is 0 Å². The lowest BCUT2D eigenvalue weighted by molar-refractivity contribution is -0.153. The highest BCUT2D eigenvalue weighted by atomic mass is 16.5. The fourth-order valence-corrected chi connectivity index (χ4v) is 5.46. The van der Waals surface area contributed by atoms with Crippen LogP contribution in [0, 0.1) is 11.8 Å². The Morgan fingerprint density at radius 3 is 2.26 bits per heavy atom. The maximum absolute atomic E-state index is 13.9. The van der Waals surface area contributed by atoms with E-state index in [0.717, 1.165) is 36.9 Å². The molecule has 5 heteroatoms. The van der Waals surface area contributed by atoms with Gasteiger partial charge in [-0.05, 0) is 45.1 Å². The Morgan fingerprint density at radius 1 is 1.06 bits per heavy atom. The second-order valence-corrected chi connectivity index (χ2v) is 8.50. The van der Waals surface area contributed by atoms with Crippen LogP contribution in [-0.4, -0.2) is 37.1 Å². The zero-order chi connectivity index (χ0) is 22.6. The second kappa shape index (κ2) is 9.71. The van der Waals surface area contributed by atoms with Gasteiger partial charge in [0.05, 0.1) is 18.8 Å². The molecule has 0 spiro atoms. The maximum Gasteiger partial charge on any atom is 0.336 e. The Bertz CT molecular complexity index is 853. The van der Waals surface area contributed by atoms with Gasteiger partial charge in [-0.15, -0.1) is 0 Å². The molecule has 1 aliphatic heterocycles. The molecule has 0 radical (unpaired) electrons. The second-order valence-electron chi connectivity index (χ2n) is 8.50. The molecule has 0 saturated heterocycles. The number of benzene rings is 1. The Kier molecular flexibility index (Phi) is 7.24. The predicted molar refractivity (Wildman–Crippen MR) is 121 cm³/mol. The van der Waals surface area contributed by atoms with E-state index < -0.39 is 5.41 Å². The van der Waals surface area contributed by atoms with E-state index in [9.17, 15) is 9.59 Å². The van der Waals surface area contributed by atoms with Crippen molar-refractivity contribution in [1.82, 2.24) is 4.90 Å². The summed E-state index contributed by atoms with van der Waals surface area (Å²) in [6, 6.07) is 9.69. The topological polar surface area (TPSA) is 55.8 Å². The maximum atomic E-state index is 13.9. The molecule has 1 aromatic carbocycles. The predicted octanol–water partition coefficient (Wildman–Crippen LogP) is 4.98. The monoisotopic (exact) mass is 425 g/mol. The smallest absolute Gasteiger partial charge is 0.336 e. The third-order valence-electron chi connectivity index (χ3n) is 6.97. The lowest BCUT2D eigenvalue weighted by Gasteiger charge is -2.51. The quantitative estimate of drug-likeness (QED) is 0.602. The fourth-order valence-electron chi connectivity index (χ4n) is 5.46. The molecule has 1 fully saturated rings. The van der Waals surface area contributed by atoms with Gasteiger partial charge in [-0.25, -0.2) is 4.79 Å². The highest BCUT2D eigenvalue weighted by molar-refractivity contribution is 5.96. The molecule has 2 aliphatic rings. The van der Waals surface area contributed by atoms with Gasteiger partial charge in [-0.2, -0.15) is 0 Å². The van der Waals surface area contributed by atoms with Crippen molar-refractivity contribution in [3.8, 4) is 0 Å². The zero-order valence-corrected chi connectivity index (χ0v) is 19.3. The minimum atomic E-state index is -1.17. The third-order valence-corrected chi connectivity index (χ3v) is 6.97. The molecule has 0 aromatic heterocycles. The number of allylic oxidation sites excluding steroid dienone is 1. The van der Waals surface area contributed by atoms with Crippen LogP contribution in [0.3, 0.4) is 0 Å². The van der Waals surface area contributed by atoms with Gasteiger partial charge in [0.1, 0.15) is 5.41 Å². The first-order valence-electron chi connectivity index (χ1n) is 11.4. The largest absolute Gasteiger partial charge is 0.465 e. The lowest BCUT2D eigenvalue weighted by Crippen LogP contribution is -2.56. The molecule has 1 saturated carbocycles. The standard InChI is InChI=1S/C26H35NO4/c1-6-30-24(28)22-18(3)27(5)19(4)26(25(29)31-7-2,21-16-12-9-13-17-21)23(22)20-14-10-8-11-15-20/h9,12-13,16-17,20,23H,4,6-8,10-11,14-15H2,1-3,5H3/t23-,26-/m0/s1. The lowest BCUT2D eigenvalue weighted by atomic mass is 9.56. The van der Waals surface area contributed by atoms with E-state index in [4.69, 9.17) is 9.47 Å². The number of esters is 2. The van der Waals surface area contributed by atoms with Crippen molar-refractivity contribution in [3.63, 3.8) is 0 Å². The summed E-state index contributed by atoms with van der Waals surface area (Å²) >= 11 is 0. The highest BCUT2D eigenvalue weighted by Crippen LogP contribution is 2.55. The molecule has 1 heterocycles. The van der Waals surface area contributed by atoms with Gasteiger partial charge in [-0.3, -0.25) is 4.79 Å². The van der Waals surface area contributed by atoms with Gasteiger partial charge >= 0.3 is 11.9 Å². The molecule has 3 rings (SSSR count). The van der Waals surface area contributed by atoms with Crippen molar-refractivity contribution in [2.24, 2.45) is 11.8 Å². The first kappa shape index (κ1) is 23.1. The van der Waals surface area contributed by atoms with Crippen molar-refractivity contribution in [2.75, 3.05) is 20.3 Å². The molecule has 168 valence electrons. The van der Waals surface area contributed by atoms with Crippen LogP contribution in [0.2, 0.25) is 0 Å². The summed E-state index contributed by atoms with van der Waals surface area (Å²) in [5.74, 6) is -0.905. The summed E-state index contributed by atoms with van der Waals surface area (Å²) in [7, 11) is 1.87. The summed E-state index contributed by atoms with van der Waals surface area (Å²) in [5, 5.41) is 0. The molecule has 2 atom stereocenters. The number of ether oxygens (including phenoxy) is 2. The molecular weight excluding hydrogens is 390 g/mol. The summed E-state index contributed by atoms with van der Waals surface area (Å²) in [5.41, 5.74) is 1.68. The number of likely N-dealkylation sites (N-methyl/N-ethyl adjacent to an activating group) is 1. The molecule has 0 bridgehead atoms. The van der Waals surface area contributed by atoms with Gasteiger partial charge in [0, 0.05) is 24.4 Å². The minimum Gasteiger partial charge on any atom is -0.465 e. The summed E-state index contributed by atoms with van der Waals surface area (Å²) in [4.78, 5) is 29.1. The highest BCUT2D eigenvalue weighted by Gasteiger charge is 2.59. The van der Waals surface area contributed by atoms with E-state index >= 15 is 0 Å². The van der Waals surface area contributed by atoms with Crippen LogP contribution in [0.4, 0.5) is 0 Å². The van der Waals surface area contributed by atoms with Crippen LogP contribution in [-0.2, 0) is 24.5 Å². The van der Waals surface area contributed by atoms with Crippen LogP contribution >= 0.6 is 0 Å². The average molecular weight is 426 g/mol. The van der Waals surface area contributed by atoms with Gasteiger partial charge in [0.2, 0.25) is 0 Å². The minimum absolute atomic E-state index is 0.165. The van der Waals surface area contributed by atoms with E-state index in [-0.39, 0.29) is 37.0 Å². The van der Waals surface area contributed by atoms with Crippen molar-refractivity contribution in [2.45, 2.75) is 58.3 Å². The van der Waals surface area contributed by atoms with Crippen LogP contribution in [0.15, 0.2) is 53.9 Å². The Balaban J connectivity index is 2.35. The molecule has 0 amide bonds. The van der Waals surface area contributed by atoms with Crippen molar-refractivity contribution >= 4 is 11.9 Å². The zero-order valence-electron chi connectivity index (χ0n) is 19.3. The van der Waals surface area contributed by atoms with Crippen molar-refractivity contribution in [1.29, 1.82) is 0 Å². The summed E-state index contributed by atoms with van der Waals surface area (Å²) in [6.07, 6.45) is 5.29. The SMILES string of the molecule is C=C1N(C)C(C)=C(C(=O)OCC)[C@H](C2CCCCC2)[C@@]1(C(=O)OCC)c1ccccc1. The molecule has 1 aliphatic carbocycles. The van der Waals surface area contributed by atoms with E-state index in [1.165, 1.54) is 6.42 Å². The number of hydrogen-bond acceptors (Lipinski definition) is 5. The molecule has 0 N–H and O–H groups in total. The summed E-state index contributed by atoms with van der Waals surface area (Å²) < 4.78 is 11.2. The molecule has 0 unspecified atom stereocenters. The van der Waals surface area contributed by atoms with Gasteiger partial charge in [-0.1, -0.05) is 56.2 Å². The average Bonchev–Trinajstić information content (AvgIpc) is 2.79. The number of hydrogen-bond donors (Lipinski definition) is 0. The fraction of sp³-hybridized carbons (Fsp3) is 0.538. The van der Waals surface area contributed by atoms with Gasteiger partial charge in [0.15, 0.2) is 0 Å². The van der Waals surface area contributed by atoms with Gasteiger partial charge in [0.25, 0.3) is 0 Å². The molecular formula is C26H35NO4. The number of carbonyl (C=O) groups is 2. The van der Waals surface area contributed by atoms with Crippen molar-refractivity contribution in [3.05, 3.63) is 59.4 Å². The number of nitrogens with zero attached hydrogens (tertiary/aromatic N) is 1. The Labute approximate surface area is 186 Å². The van der Waals surface area contributed by atoms with E-state index in [0.29, 0.717) is 11.3 Å². The van der Waals surface area contributed by atoms with Crippen LogP contribution in [0.5, 0.6) is 0 Å². The Hall–Kier alpha value is -2.56. The number of carbonyl (C=O) groups excluding carboxylic acids is 2. The van der Waals surface area contributed by atoms with Crippen LogP contribution in [0.1, 0.15) is 58.4 Å². The Morgan fingerprint density at radius 2 is 1.68 bits per heavy atom. The molecule has 5 nitrogen and oxygen atoms in total. The summed E-state index contributed by atoms with van der Waals surface area (Å²) in [6.45, 7) is 10.5. The molecule has 1 aromatic rings. The van der Waals surface area contributed by atoms with E-state index in [2.05, 4.69) is 6.58 Å². The van der Waals surface area contributed by atoms with E-state index in [1.807, 2.05) is 63.1 Å². The van der Waals surface area contributed by atoms with Crippen molar-refractivity contribution < 1.29 is 19.1 Å². The van der Waals surface area contributed by atoms with Crippen LogP contribution < -0.4 is 0 Å².